The molecule has 0 fully saturated rings. The number of nitrogens with zero attached hydrogens (tertiary/aromatic N) is 3. The number of aromatic carboxylic acids is 1. The minimum atomic E-state index is -1.05. The number of carboxylic acid groups (broad SMARTS) is 1. The molecule has 0 unspecified atom stereocenters. The van der Waals surface area contributed by atoms with Gasteiger partial charge in [-0.2, -0.15) is 0 Å². The Morgan fingerprint density at radius 1 is 1.30 bits per heavy atom. The summed E-state index contributed by atoms with van der Waals surface area (Å²) in [6.07, 6.45) is 4.87. The van der Waals surface area contributed by atoms with E-state index in [0.717, 1.165) is 16.7 Å². The molecule has 3 rings (SSSR count). The van der Waals surface area contributed by atoms with E-state index in [9.17, 15) is 9.90 Å². The Kier molecular flexibility index (Phi) is 2.75. The summed E-state index contributed by atoms with van der Waals surface area (Å²) in [5, 5.41) is 9.26. The highest BCUT2D eigenvalue weighted by Gasteiger charge is 2.18. The number of fused-ring (bicyclic) bond motifs is 1. The van der Waals surface area contributed by atoms with E-state index in [1.165, 1.54) is 6.20 Å². The van der Waals surface area contributed by atoms with Gasteiger partial charge >= 0.3 is 5.97 Å². The summed E-state index contributed by atoms with van der Waals surface area (Å²) in [6.45, 7) is 3.98. The Hall–Kier alpha value is -2.69. The fraction of sp³-hybridized carbons (Fsp3) is 0.133. The van der Waals surface area contributed by atoms with Crippen molar-refractivity contribution in [3.8, 4) is 11.4 Å². The molecule has 3 aromatic rings. The average Bonchev–Trinajstić information content (AvgIpc) is 2.81. The predicted molar refractivity (Wildman–Crippen MR) is 74.9 cm³/mol. The number of hydrogen-bond donors (Lipinski definition) is 1. The molecular formula is C15H13N3O2. The molecule has 0 aliphatic heterocycles. The first-order valence-electron chi connectivity index (χ1n) is 6.21. The molecule has 1 N–H and O–H groups in total. The van der Waals surface area contributed by atoms with Crippen LogP contribution in [0.5, 0.6) is 0 Å². The van der Waals surface area contributed by atoms with Crippen molar-refractivity contribution in [1.29, 1.82) is 0 Å². The van der Waals surface area contributed by atoms with Crippen molar-refractivity contribution in [1.82, 2.24) is 14.4 Å². The van der Waals surface area contributed by atoms with Crippen LogP contribution in [0.4, 0.5) is 0 Å². The zero-order valence-corrected chi connectivity index (χ0v) is 11.2. The minimum Gasteiger partial charge on any atom is -0.476 e. The summed E-state index contributed by atoms with van der Waals surface area (Å²) in [5.41, 5.74) is 3.60. The van der Waals surface area contributed by atoms with E-state index in [0.29, 0.717) is 11.3 Å². The third kappa shape index (κ3) is 1.84. The van der Waals surface area contributed by atoms with E-state index in [4.69, 9.17) is 0 Å². The van der Waals surface area contributed by atoms with Gasteiger partial charge in [-0.1, -0.05) is 17.7 Å². The van der Waals surface area contributed by atoms with Crippen molar-refractivity contribution in [2.24, 2.45) is 0 Å². The van der Waals surface area contributed by atoms with Crippen molar-refractivity contribution in [2.45, 2.75) is 13.8 Å². The van der Waals surface area contributed by atoms with Gasteiger partial charge in [0.25, 0.3) is 0 Å². The first-order chi connectivity index (χ1) is 9.58. The molecule has 0 saturated heterocycles. The van der Waals surface area contributed by atoms with Gasteiger partial charge < -0.3 is 5.11 Å². The van der Waals surface area contributed by atoms with Gasteiger partial charge in [0.15, 0.2) is 5.69 Å². The van der Waals surface area contributed by atoms with Gasteiger partial charge in [-0.25, -0.2) is 9.78 Å². The largest absolute Gasteiger partial charge is 0.476 e. The number of rotatable bonds is 2. The lowest BCUT2D eigenvalue weighted by molar-refractivity contribution is 0.0693. The Balaban J connectivity index is 2.37. The number of carboxylic acids is 1. The molecule has 2 heterocycles. The van der Waals surface area contributed by atoms with Crippen molar-refractivity contribution in [3.63, 3.8) is 0 Å². The van der Waals surface area contributed by atoms with E-state index < -0.39 is 5.97 Å². The van der Waals surface area contributed by atoms with Gasteiger partial charge in [0.05, 0.1) is 11.7 Å². The highest BCUT2D eigenvalue weighted by molar-refractivity contribution is 5.94. The monoisotopic (exact) mass is 267 g/mol. The van der Waals surface area contributed by atoms with Crippen LogP contribution in [0.3, 0.4) is 0 Å². The van der Waals surface area contributed by atoms with E-state index in [1.807, 2.05) is 32.0 Å². The predicted octanol–water partition coefficient (Wildman–Crippen LogP) is 2.71. The molecule has 100 valence electrons. The number of aromatic nitrogens is 3. The van der Waals surface area contributed by atoms with Gasteiger partial charge in [0.2, 0.25) is 0 Å². The summed E-state index contributed by atoms with van der Waals surface area (Å²) in [6, 6.07) is 6.04. The van der Waals surface area contributed by atoms with E-state index >= 15 is 0 Å². The van der Waals surface area contributed by atoms with Crippen LogP contribution in [-0.4, -0.2) is 25.4 Å². The first kappa shape index (κ1) is 12.3. The van der Waals surface area contributed by atoms with Gasteiger partial charge in [-0.3, -0.25) is 9.38 Å². The number of hydrogen-bond acceptors (Lipinski definition) is 3. The maximum Gasteiger partial charge on any atom is 0.356 e. The molecule has 20 heavy (non-hydrogen) atoms. The minimum absolute atomic E-state index is 0.0222. The van der Waals surface area contributed by atoms with Crippen molar-refractivity contribution < 1.29 is 9.90 Å². The van der Waals surface area contributed by atoms with Crippen LogP contribution < -0.4 is 0 Å². The zero-order valence-electron chi connectivity index (χ0n) is 11.2. The molecule has 0 saturated carbocycles. The van der Waals surface area contributed by atoms with Crippen LogP contribution in [0.1, 0.15) is 21.6 Å². The molecule has 0 spiro atoms. The molecule has 0 bridgehead atoms. The van der Waals surface area contributed by atoms with Gasteiger partial charge in [0.1, 0.15) is 5.82 Å². The summed E-state index contributed by atoms with van der Waals surface area (Å²) in [5.74, 6) is -0.423. The smallest absolute Gasteiger partial charge is 0.356 e. The molecule has 5 nitrogen and oxygen atoms in total. The Bertz CT molecular complexity index is 821. The molecule has 1 aromatic carbocycles. The number of imidazole rings is 1. The van der Waals surface area contributed by atoms with Crippen LogP contribution in [-0.2, 0) is 0 Å². The van der Waals surface area contributed by atoms with Crippen LogP contribution >= 0.6 is 0 Å². The topological polar surface area (TPSA) is 67.5 Å². The second-order valence-electron chi connectivity index (χ2n) is 4.74. The van der Waals surface area contributed by atoms with Crippen LogP contribution in [0.15, 0.2) is 36.8 Å². The van der Waals surface area contributed by atoms with E-state index in [-0.39, 0.29) is 5.69 Å². The third-order valence-corrected chi connectivity index (χ3v) is 3.28. The summed E-state index contributed by atoms with van der Waals surface area (Å²) < 4.78 is 1.76. The summed E-state index contributed by atoms with van der Waals surface area (Å²) >= 11 is 0. The lowest BCUT2D eigenvalue weighted by Crippen LogP contribution is -1.97. The summed E-state index contributed by atoms with van der Waals surface area (Å²) in [7, 11) is 0. The normalized spacial score (nSPS) is 10.9. The first-order valence-corrected chi connectivity index (χ1v) is 6.21. The SMILES string of the molecule is Cc1ccc(C)c(-c2nc(C(=O)O)c3cnccn23)c1. The van der Waals surface area contributed by atoms with Gasteiger partial charge in [0, 0.05) is 18.0 Å². The standard InChI is InChI=1S/C15H13N3O2/c1-9-3-4-10(2)11(7-9)14-17-13(15(19)20)12-8-16-5-6-18(12)14/h3-8H,1-2H3,(H,19,20). The van der Waals surface area contributed by atoms with Crippen molar-refractivity contribution in [2.75, 3.05) is 0 Å². The lowest BCUT2D eigenvalue weighted by atomic mass is 10.1. The highest BCUT2D eigenvalue weighted by Crippen LogP contribution is 2.26. The second-order valence-corrected chi connectivity index (χ2v) is 4.74. The molecule has 0 aliphatic carbocycles. The Morgan fingerprint density at radius 2 is 2.10 bits per heavy atom. The quantitative estimate of drug-likeness (QED) is 0.775. The Morgan fingerprint density at radius 3 is 2.85 bits per heavy atom. The number of carbonyl (C=O) groups is 1. The molecular weight excluding hydrogens is 254 g/mol. The van der Waals surface area contributed by atoms with Gasteiger partial charge in [-0.15, -0.1) is 0 Å². The Labute approximate surface area is 115 Å². The van der Waals surface area contributed by atoms with Crippen LogP contribution in [0, 0.1) is 13.8 Å². The third-order valence-electron chi connectivity index (χ3n) is 3.28. The van der Waals surface area contributed by atoms with E-state index in [1.54, 1.807) is 16.8 Å². The average molecular weight is 267 g/mol. The molecule has 5 heteroatoms. The fourth-order valence-electron chi connectivity index (χ4n) is 2.26. The zero-order chi connectivity index (χ0) is 14.3. The lowest BCUT2D eigenvalue weighted by Gasteiger charge is -2.06. The molecule has 0 atom stereocenters. The maximum absolute atomic E-state index is 11.3. The molecule has 0 amide bonds. The number of aryl methyl sites for hydroxylation is 2. The van der Waals surface area contributed by atoms with Crippen molar-refractivity contribution in [3.05, 3.63) is 53.6 Å². The van der Waals surface area contributed by atoms with Crippen molar-refractivity contribution >= 4 is 11.5 Å². The molecule has 0 radical (unpaired) electrons. The van der Waals surface area contributed by atoms with Crippen LogP contribution in [0.2, 0.25) is 0 Å². The fourth-order valence-corrected chi connectivity index (χ4v) is 2.26. The second kappa shape index (κ2) is 4.45. The van der Waals surface area contributed by atoms with E-state index in [2.05, 4.69) is 9.97 Å². The van der Waals surface area contributed by atoms with Gasteiger partial charge in [-0.05, 0) is 25.5 Å². The van der Waals surface area contributed by atoms with Crippen LogP contribution in [0.25, 0.3) is 16.9 Å². The highest BCUT2D eigenvalue weighted by atomic mass is 16.4. The molecule has 2 aromatic heterocycles. The molecule has 0 aliphatic rings. The summed E-state index contributed by atoms with van der Waals surface area (Å²) in [4.78, 5) is 19.6. The maximum atomic E-state index is 11.3. The number of benzene rings is 1.